The fourth-order valence-corrected chi connectivity index (χ4v) is 1.66. The maximum Gasteiger partial charge on any atom is 0.376 e. The molecule has 0 aliphatic carbocycles. The van der Waals surface area contributed by atoms with Crippen molar-refractivity contribution in [1.82, 2.24) is 0 Å². The molecule has 0 bridgehead atoms. The Bertz CT molecular complexity index is 487. The largest absolute Gasteiger partial charge is 0.493 e. The highest BCUT2D eigenvalue weighted by Gasteiger charge is 2.22. The molecule has 22 heavy (non-hydrogen) atoms. The minimum Gasteiger partial charge on any atom is -0.493 e. The Hall–Kier alpha value is -1.99. The molecule has 0 saturated carbocycles. The van der Waals surface area contributed by atoms with Gasteiger partial charge in [-0.2, -0.15) is 4.89 Å². The Morgan fingerprint density at radius 3 is 2.32 bits per heavy atom. The van der Waals surface area contributed by atoms with Crippen molar-refractivity contribution in [3.05, 3.63) is 24.3 Å². The monoisotopic (exact) mass is 313 g/mol. The predicted octanol–water partition coefficient (Wildman–Crippen LogP) is 2.39. The van der Waals surface area contributed by atoms with E-state index in [4.69, 9.17) is 28.7 Å². The summed E-state index contributed by atoms with van der Waals surface area (Å²) in [5.74, 6) is 0.244. The molecule has 1 rings (SSSR count). The molecular weight excluding hydrogens is 292 g/mol. The lowest BCUT2D eigenvalue weighted by Gasteiger charge is -2.14. The second-order valence-electron chi connectivity index (χ2n) is 4.30. The normalized spacial score (nSPS) is 11.7. The van der Waals surface area contributed by atoms with E-state index in [9.17, 15) is 4.79 Å². The summed E-state index contributed by atoms with van der Waals surface area (Å²) >= 11 is 0. The third kappa shape index (κ3) is 4.51. The lowest BCUT2D eigenvalue weighted by molar-refractivity contribution is -0.215. The molecule has 0 fully saturated rings. The number of carbonyl (C=O) groups excluding carboxylic acids is 1. The van der Waals surface area contributed by atoms with E-state index in [0.29, 0.717) is 17.9 Å². The average molecular weight is 313 g/mol. The summed E-state index contributed by atoms with van der Waals surface area (Å²) in [5, 5.41) is 0. The first kappa shape index (κ1) is 18.1. The number of benzene rings is 1. The molecule has 0 aliphatic rings. The third-order valence-electron chi connectivity index (χ3n) is 2.95. The number of rotatable bonds is 9. The Morgan fingerprint density at radius 2 is 1.77 bits per heavy atom. The molecule has 1 aromatic carbocycles. The molecule has 0 aromatic heterocycles. The molecule has 0 aliphatic heterocycles. The Kier molecular flexibility index (Phi) is 7.48. The van der Waals surface area contributed by atoms with E-state index in [1.54, 1.807) is 13.2 Å². The van der Waals surface area contributed by atoms with Crippen molar-refractivity contribution in [2.24, 2.45) is 0 Å². The van der Waals surface area contributed by atoms with Crippen LogP contribution in [0.3, 0.4) is 0 Å². The van der Waals surface area contributed by atoms with Gasteiger partial charge in [0, 0.05) is 13.5 Å². The van der Waals surface area contributed by atoms with Gasteiger partial charge in [-0.05, 0) is 19.1 Å². The SMILES string of the molecule is COc1ccc(C(=O)OO[CH]CC(C)OC)c(OC)c1OC. The molecule has 7 heteroatoms. The third-order valence-corrected chi connectivity index (χ3v) is 2.95. The zero-order valence-electron chi connectivity index (χ0n) is 13.4. The first-order valence-corrected chi connectivity index (χ1v) is 6.60. The van der Waals surface area contributed by atoms with Gasteiger partial charge in [0.15, 0.2) is 11.5 Å². The van der Waals surface area contributed by atoms with Crippen molar-refractivity contribution in [1.29, 1.82) is 0 Å². The van der Waals surface area contributed by atoms with Crippen LogP contribution in [0.25, 0.3) is 0 Å². The molecule has 0 heterocycles. The average Bonchev–Trinajstić information content (AvgIpc) is 2.56. The fraction of sp³-hybridized carbons (Fsp3) is 0.467. The predicted molar refractivity (Wildman–Crippen MR) is 78.0 cm³/mol. The van der Waals surface area contributed by atoms with Gasteiger partial charge in [-0.25, -0.2) is 4.79 Å². The van der Waals surface area contributed by atoms with E-state index in [0.717, 1.165) is 0 Å². The highest BCUT2D eigenvalue weighted by atomic mass is 17.2. The van der Waals surface area contributed by atoms with Crippen molar-refractivity contribution in [2.75, 3.05) is 28.4 Å². The van der Waals surface area contributed by atoms with E-state index >= 15 is 0 Å². The van der Waals surface area contributed by atoms with Crippen molar-refractivity contribution in [3.63, 3.8) is 0 Å². The lowest BCUT2D eigenvalue weighted by atomic mass is 10.1. The van der Waals surface area contributed by atoms with Crippen molar-refractivity contribution in [3.8, 4) is 17.2 Å². The molecule has 123 valence electrons. The quantitative estimate of drug-likeness (QED) is 0.394. The molecular formula is C15H21O7. The fourth-order valence-electron chi connectivity index (χ4n) is 1.66. The minimum atomic E-state index is -0.709. The summed E-state index contributed by atoms with van der Waals surface area (Å²) in [6.45, 7) is 3.21. The van der Waals surface area contributed by atoms with Gasteiger partial charge < -0.3 is 18.9 Å². The van der Waals surface area contributed by atoms with E-state index in [-0.39, 0.29) is 17.4 Å². The van der Waals surface area contributed by atoms with Gasteiger partial charge in [-0.1, -0.05) is 0 Å². The topological polar surface area (TPSA) is 72.5 Å². The maximum atomic E-state index is 12.0. The molecule has 1 radical (unpaired) electrons. The van der Waals surface area contributed by atoms with Crippen LogP contribution in [0.4, 0.5) is 0 Å². The standard InChI is InChI=1S/C15H21O7/c1-10(17-2)8-9-21-22-15(16)11-6-7-12(18-3)14(20-5)13(11)19-4/h6-7,9-10H,8H2,1-5H3. The zero-order chi connectivity index (χ0) is 16.5. The summed E-state index contributed by atoms with van der Waals surface area (Å²) in [6, 6.07) is 3.08. The summed E-state index contributed by atoms with van der Waals surface area (Å²) in [6.07, 6.45) is 0.446. The van der Waals surface area contributed by atoms with Crippen LogP contribution in [0, 0.1) is 6.61 Å². The van der Waals surface area contributed by atoms with Crippen LogP contribution in [0.15, 0.2) is 12.1 Å². The van der Waals surface area contributed by atoms with Crippen LogP contribution in [0.5, 0.6) is 17.2 Å². The zero-order valence-corrected chi connectivity index (χ0v) is 13.4. The van der Waals surface area contributed by atoms with Crippen molar-refractivity contribution < 1.29 is 33.5 Å². The van der Waals surface area contributed by atoms with Crippen LogP contribution in [0.1, 0.15) is 23.7 Å². The van der Waals surface area contributed by atoms with Gasteiger partial charge in [0.1, 0.15) is 12.2 Å². The molecule has 1 unspecified atom stereocenters. The Morgan fingerprint density at radius 1 is 1.09 bits per heavy atom. The van der Waals surface area contributed by atoms with Crippen LogP contribution < -0.4 is 14.2 Å². The summed E-state index contributed by atoms with van der Waals surface area (Å²) in [7, 11) is 5.94. The van der Waals surface area contributed by atoms with Gasteiger partial charge >= 0.3 is 5.97 Å². The van der Waals surface area contributed by atoms with Crippen molar-refractivity contribution >= 4 is 5.97 Å². The number of carbonyl (C=O) groups is 1. The number of methoxy groups -OCH3 is 4. The van der Waals surface area contributed by atoms with E-state index in [1.807, 2.05) is 6.92 Å². The van der Waals surface area contributed by atoms with Crippen molar-refractivity contribution in [2.45, 2.75) is 19.4 Å². The van der Waals surface area contributed by atoms with Gasteiger partial charge in [-0.15, -0.1) is 0 Å². The molecule has 0 N–H and O–H groups in total. The van der Waals surface area contributed by atoms with Crippen LogP contribution in [-0.2, 0) is 14.5 Å². The highest BCUT2D eigenvalue weighted by Crippen LogP contribution is 2.39. The van der Waals surface area contributed by atoms with Crippen LogP contribution in [0.2, 0.25) is 0 Å². The first-order chi connectivity index (χ1) is 10.6. The van der Waals surface area contributed by atoms with Crippen LogP contribution in [-0.4, -0.2) is 40.5 Å². The lowest BCUT2D eigenvalue weighted by Crippen LogP contribution is -2.10. The molecule has 7 nitrogen and oxygen atoms in total. The summed E-state index contributed by atoms with van der Waals surface area (Å²) in [5.41, 5.74) is 0.160. The molecule has 0 spiro atoms. The minimum absolute atomic E-state index is 0.0330. The highest BCUT2D eigenvalue weighted by molar-refractivity contribution is 5.93. The second-order valence-corrected chi connectivity index (χ2v) is 4.30. The molecule has 0 saturated heterocycles. The Labute approximate surface area is 129 Å². The molecule has 1 atom stereocenters. The molecule has 0 amide bonds. The smallest absolute Gasteiger partial charge is 0.376 e. The first-order valence-electron chi connectivity index (χ1n) is 6.60. The summed E-state index contributed by atoms with van der Waals surface area (Å²) in [4.78, 5) is 21.5. The second kappa shape index (κ2) is 9.11. The summed E-state index contributed by atoms with van der Waals surface area (Å²) < 4.78 is 20.6. The van der Waals surface area contributed by atoms with Gasteiger partial charge in [-0.3, -0.25) is 4.89 Å². The van der Waals surface area contributed by atoms with Crippen LogP contribution >= 0.6 is 0 Å². The van der Waals surface area contributed by atoms with E-state index in [1.165, 1.54) is 34.0 Å². The van der Waals surface area contributed by atoms with E-state index in [2.05, 4.69) is 0 Å². The van der Waals surface area contributed by atoms with E-state index < -0.39 is 5.97 Å². The van der Waals surface area contributed by atoms with Gasteiger partial charge in [0.05, 0.1) is 27.4 Å². The maximum absolute atomic E-state index is 12.0. The number of ether oxygens (including phenoxy) is 4. The van der Waals surface area contributed by atoms with Gasteiger partial charge in [0.25, 0.3) is 0 Å². The molecule has 1 aromatic rings. The Balaban J connectivity index is 2.76. The number of hydrogen-bond donors (Lipinski definition) is 0. The number of hydrogen-bond acceptors (Lipinski definition) is 7. The van der Waals surface area contributed by atoms with Gasteiger partial charge in [0.2, 0.25) is 5.75 Å².